The van der Waals surface area contributed by atoms with Gasteiger partial charge >= 0.3 is 0 Å². The van der Waals surface area contributed by atoms with Gasteiger partial charge in [-0.15, -0.1) is 0 Å². The van der Waals surface area contributed by atoms with Crippen LogP contribution in [0.15, 0.2) is 47.9 Å². The van der Waals surface area contributed by atoms with Crippen molar-refractivity contribution in [2.75, 3.05) is 0 Å². The zero-order valence-electron chi connectivity index (χ0n) is 17.4. The van der Waals surface area contributed by atoms with Crippen molar-refractivity contribution in [1.29, 1.82) is 0 Å². The highest BCUT2D eigenvalue weighted by atomic mass is 15.1. The van der Waals surface area contributed by atoms with E-state index < -0.39 is 0 Å². The molecule has 3 fully saturated rings. The van der Waals surface area contributed by atoms with Crippen molar-refractivity contribution in [3.8, 4) is 0 Å². The van der Waals surface area contributed by atoms with Gasteiger partial charge in [0.1, 0.15) is 0 Å². The first-order valence-corrected chi connectivity index (χ1v) is 10.7. The van der Waals surface area contributed by atoms with E-state index in [4.69, 9.17) is 0 Å². The normalized spacial score (nSPS) is 32.2. The summed E-state index contributed by atoms with van der Waals surface area (Å²) in [7, 11) is 0. The van der Waals surface area contributed by atoms with Gasteiger partial charge in [-0.05, 0) is 85.5 Å². The first-order valence-electron chi connectivity index (χ1n) is 10.7. The maximum atomic E-state index is 4.30. The van der Waals surface area contributed by atoms with Crippen molar-refractivity contribution in [2.45, 2.75) is 84.7 Å². The summed E-state index contributed by atoms with van der Waals surface area (Å²) in [6.07, 6.45) is 9.55. The highest BCUT2D eigenvalue weighted by Crippen LogP contribution is 2.67. The molecular weight excluding hydrogens is 316 g/mol. The van der Waals surface area contributed by atoms with Crippen molar-refractivity contribution in [3.63, 3.8) is 0 Å². The van der Waals surface area contributed by atoms with E-state index in [2.05, 4.69) is 44.2 Å². The molecule has 0 aromatic carbocycles. The molecule has 0 saturated heterocycles. The number of allylic oxidation sites excluding steroid dienone is 3. The number of hydrogen-bond acceptors (Lipinski definition) is 2. The molecule has 26 heavy (non-hydrogen) atoms. The lowest BCUT2D eigenvalue weighted by atomic mass is 9.43. The summed E-state index contributed by atoms with van der Waals surface area (Å²) < 4.78 is 0. The second-order valence-electron chi connectivity index (χ2n) is 8.66. The lowest BCUT2D eigenvalue weighted by molar-refractivity contribution is -0.125. The van der Waals surface area contributed by atoms with Crippen LogP contribution in [0.25, 0.3) is 0 Å². The quantitative estimate of drug-likeness (QED) is 0.647. The summed E-state index contributed by atoms with van der Waals surface area (Å²) >= 11 is 0. The predicted octanol–water partition coefficient (Wildman–Crippen LogP) is 5.85. The van der Waals surface area contributed by atoms with Gasteiger partial charge in [0.2, 0.25) is 0 Å². The Morgan fingerprint density at radius 3 is 2.38 bits per heavy atom. The number of nitrogens with one attached hydrogen (secondary N) is 2. The molecule has 0 amide bonds. The van der Waals surface area contributed by atoms with Gasteiger partial charge in [-0.2, -0.15) is 0 Å². The largest absolute Gasteiger partial charge is 0.369 e. The fraction of sp³-hybridized carbons (Fsp3) is 0.667. The highest BCUT2D eigenvalue weighted by Gasteiger charge is 2.64. The Bertz CT molecular complexity index is 635. The van der Waals surface area contributed by atoms with E-state index in [0.29, 0.717) is 11.5 Å². The number of hydrogen-bond donors (Lipinski definition) is 2. The minimum absolute atomic E-state index is 0.290. The topological polar surface area (TPSA) is 24.1 Å². The van der Waals surface area contributed by atoms with Gasteiger partial charge in [0, 0.05) is 12.1 Å². The fourth-order valence-corrected chi connectivity index (χ4v) is 6.14. The maximum Gasteiger partial charge on any atom is 0.0919 e. The highest BCUT2D eigenvalue weighted by molar-refractivity contribution is 5.54. The van der Waals surface area contributed by atoms with Crippen LogP contribution in [0.4, 0.5) is 0 Å². The molecule has 1 spiro atoms. The monoisotopic (exact) mass is 354 g/mol. The third-order valence-electron chi connectivity index (χ3n) is 7.65. The lowest BCUT2D eigenvalue weighted by Crippen LogP contribution is -2.68. The molecule has 0 radical (unpaired) electrons. The van der Waals surface area contributed by atoms with Gasteiger partial charge in [0.25, 0.3) is 0 Å². The SMILES string of the molecule is C=C(NC(C)C1=C(C)C(=C)C(=C)C1)NC1C2CCCC2C12CCC2.CC. The Labute approximate surface area is 160 Å². The summed E-state index contributed by atoms with van der Waals surface area (Å²) in [5.74, 6) is 2.90. The van der Waals surface area contributed by atoms with Crippen LogP contribution in [0.5, 0.6) is 0 Å². The van der Waals surface area contributed by atoms with E-state index in [-0.39, 0.29) is 6.04 Å². The van der Waals surface area contributed by atoms with Crippen molar-refractivity contribution in [1.82, 2.24) is 10.6 Å². The van der Waals surface area contributed by atoms with Gasteiger partial charge in [-0.1, -0.05) is 46.4 Å². The smallest absolute Gasteiger partial charge is 0.0919 e. The van der Waals surface area contributed by atoms with Crippen molar-refractivity contribution in [2.24, 2.45) is 17.3 Å². The predicted molar refractivity (Wildman–Crippen MR) is 113 cm³/mol. The van der Waals surface area contributed by atoms with Crippen LogP contribution in [-0.4, -0.2) is 12.1 Å². The van der Waals surface area contributed by atoms with Crippen LogP contribution in [-0.2, 0) is 0 Å². The zero-order valence-corrected chi connectivity index (χ0v) is 17.4. The molecule has 4 rings (SSSR count). The fourth-order valence-electron chi connectivity index (χ4n) is 6.14. The molecule has 0 heterocycles. The molecule has 0 bridgehead atoms. The van der Waals surface area contributed by atoms with Gasteiger partial charge in [0.05, 0.1) is 5.82 Å². The van der Waals surface area contributed by atoms with Crippen molar-refractivity contribution < 1.29 is 0 Å². The van der Waals surface area contributed by atoms with Crippen LogP contribution >= 0.6 is 0 Å². The summed E-state index contributed by atoms with van der Waals surface area (Å²) in [6, 6.07) is 0.951. The maximum absolute atomic E-state index is 4.30. The Morgan fingerprint density at radius 2 is 1.85 bits per heavy atom. The standard InChI is InChI=1S/C22H32N2.C2H6/c1-13-12-19(15(3)14(13)2)16(4)23-17(5)24-21-18-8-6-9-20(18)22(21)10-7-11-22;1-2/h16,18,20-21,23-24H,1-2,5-12H2,3-4H3;1-2H3. The van der Waals surface area contributed by atoms with Gasteiger partial charge in [0.15, 0.2) is 0 Å². The molecule has 4 aliphatic rings. The number of rotatable bonds is 5. The average Bonchev–Trinajstić information content (AvgIpc) is 3.11. The molecule has 4 unspecified atom stereocenters. The Hall–Kier alpha value is -1.44. The zero-order chi connectivity index (χ0) is 19.1. The second kappa shape index (κ2) is 7.29. The summed E-state index contributed by atoms with van der Waals surface area (Å²) in [5, 5.41) is 7.41. The Kier molecular flexibility index (Phi) is 5.42. The molecule has 144 valence electrons. The molecule has 3 saturated carbocycles. The molecule has 0 aromatic rings. The molecule has 4 atom stereocenters. The van der Waals surface area contributed by atoms with E-state index in [1.54, 1.807) is 0 Å². The van der Waals surface area contributed by atoms with E-state index >= 15 is 0 Å². The van der Waals surface area contributed by atoms with Crippen molar-refractivity contribution in [3.05, 3.63) is 47.9 Å². The molecule has 4 aliphatic carbocycles. The first kappa shape index (κ1) is 19.3. The Morgan fingerprint density at radius 1 is 1.15 bits per heavy atom. The summed E-state index contributed by atoms with van der Waals surface area (Å²) in [4.78, 5) is 0. The van der Waals surface area contributed by atoms with E-state index in [0.717, 1.165) is 35.2 Å². The van der Waals surface area contributed by atoms with Crippen LogP contribution in [0.3, 0.4) is 0 Å². The van der Waals surface area contributed by atoms with Gasteiger partial charge in [-0.25, -0.2) is 0 Å². The third kappa shape index (κ3) is 2.86. The first-order chi connectivity index (χ1) is 12.4. The van der Waals surface area contributed by atoms with Gasteiger partial charge in [-0.3, -0.25) is 0 Å². The van der Waals surface area contributed by atoms with Crippen LogP contribution in [0.1, 0.15) is 72.6 Å². The van der Waals surface area contributed by atoms with E-state index in [9.17, 15) is 0 Å². The Balaban J connectivity index is 0.000000948. The molecule has 2 N–H and O–H groups in total. The van der Waals surface area contributed by atoms with E-state index in [1.165, 1.54) is 49.7 Å². The van der Waals surface area contributed by atoms with Crippen LogP contribution in [0, 0.1) is 17.3 Å². The summed E-state index contributed by atoms with van der Waals surface area (Å²) in [5.41, 5.74) is 5.62. The minimum Gasteiger partial charge on any atom is -0.369 e. The molecule has 0 aromatic heterocycles. The number of fused-ring (bicyclic) bond motifs is 2. The van der Waals surface area contributed by atoms with Crippen LogP contribution in [0.2, 0.25) is 0 Å². The average molecular weight is 355 g/mol. The van der Waals surface area contributed by atoms with Gasteiger partial charge < -0.3 is 10.6 Å². The molecule has 2 nitrogen and oxygen atoms in total. The van der Waals surface area contributed by atoms with Crippen molar-refractivity contribution >= 4 is 0 Å². The minimum atomic E-state index is 0.290. The second-order valence-corrected chi connectivity index (χ2v) is 8.66. The summed E-state index contributed by atoms with van der Waals surface area (Å²) in [6.45, 7) is 21.0. The van der Waals surface area contributed by atoms with E-state index in [1.807, 2.05) is 13.8 Å². The molecule has 0 aliphatic heterocycles. The molecular formula is C24H38N2. The van der Waals surface area contributed by atoms with Crippen LogP contribution < -0.4 is 10.6 Å². The third-order valence-corrected chi connectivity index (χ3v) is 7.65. The lowest BCUT2D eigenvalue weighted by Gasteiger charge is -2.65. The molecule has 2 heteroatoms.